The van der Waals surface area contributed by atoms with Crippen LogP contribution in [0.15, 0.2) is 48.5 Å². The van der Waals surface area contributed by atoms with Crippen LogP contribution in [-0.2, 0) is 4.74 Å². The van der Waals surface area contributed by atoms with Gasteiger partial charge < -0.3 is 15.8 Å². The molecule has 4 heteroatoms. The van der Waals surface area contributed by atoms with Gasteiger partial charge >= 0.3 is 6.09 Å². The Hall–Kier alpha value is -2.33. The van der Waals surface area contributed by atoms with Crippen LogP contribution < -0.4 is 11.1 Å². The monoisotopic (exact) mass is 308 g/mol. The van der Waals surface area contributed by atoms with Crippen LogP contribution in [0, 0.1) is 5.92 Å². The SMILES string of the molecule is NC[C@H]1C[C@@H]1NC(=O)OCC1c2ccccc2-c2ccccc21. The first-order chi connectivity index (χ1) is 11.3. The van der Waals surface area contributed by atoms with Crippen molar-refractivity contribution in [3.05, 3.63) is 59.7 Å². The zero-order chi connectivity index (χ0) is 15.8. The summed E-state index contributed by atoms with van der Waals surface area (Å²) in [6, 6.07) is 16.8. The standard InChI is InChI=1S/C19H20N2O2/c20-10-12-9-18(12)21-19(22)23-11-17-15-7-3-1-5-13(15)14-6-2-4-8-16(14)17/h1-8,12,17-18H,9-11,20H2,(H,21,22)/t12-,18+/m1/s1. The van der Waals surface area contributed by atoms with Crippen LogP contribution in [-0.4, -0.2) is 25.3 Å². The van der Waals surface area contributed by atoms with Crippen molar-refractivity contribution in [1.82, 2.24) is 5.32 Å². The summed E-state index contributed by atoms with van der Waals surface area (Å²) in [6.07, 6.45) is 0.619. The van der Waals surface area contributed by atoms with E-state index < -0.39 is 0 Å². The normalized spacial score (nSPS) is 21.4. The van der Waals surface area contributed by atoms with E-state index in [1.54, 1.807) is 0 Å². The highest BCUT2D eigenvalue weighted by Gasteiger charge is 2.37. The Kier molecular flexibility index (Phi) is 3.54. The van der Waals surface area contributed by atoms with Gasteiger partial charge in [0, 0.05) is 12.0 Å². The minimum Gasteiger partial charge on any atom is -0.449 e. The van der Waals surface area contributed by atoms with Gasteiger partial charge in [0.1, 0.15) is 6.61 Å². The van der Waals surface area contributed by atoms with Crippen LogP contribution in [0.5, 0.6) is 0 Å². The number of nitrogens with two attached hydrogens (primary N) is 1. The minimum atomic E-state index is -0.340. The molecule has 23 heavy (non-hydrogen) atoms. The molecule has 0 saturated heterocycles. The Morgan fingerprint density at radius 1 is 1.09 bits per heavy atom. The molecule has 4 rings (SSSR count). The number of ether oxygens (including phenoxy) is 1. The number of benzene rings is 2. The molecule has 2 aliphatic rings. The molecule has 0 unspecified atom stereocenters. The topological polar surface area (TPSA) is 64.3 Å². The van der Waals surface area contributed by atoms with E-state index in [4.69, 9.17) is 10.5 Å². The lowest BCUT2D eigenvalue weighted by Crippen LogP contribution is -2.29. The van der Waals surface area contributed by atoms with Crippen LogP contribution in [0.25, 0.3) is 11.1 Å². The number of carbonyl (C=O) groups excluding carboxylic acids is 1. The summed E-state index contributed by atoms with van der Waals surface area (Å²) in [5.74, 6) is 0.521. The zero-order valence-electron chi connectivity index (χ0n) is 12.9. The minimum absolute atomic E-state index is 0.109. The molecule has 118 valence electrons. The van der Waals surface area contributed by atoms with E-state index in [2.05, 4.69) is 29.6 Å². The molecule has 3 N–H and O–H groups in total. The van der Waals surface area contributed by atoms with E-state index in [0.29, 0.717) is 19.1 Å². The molecule has 0 aliphatic heterocycles. The summed E-state index contributed by atoms with van der Waals surface area (Å²) in [7, 11) is 0. The van der Waals surface area contributed by atoms with Crippen molar-refractivity contribution in [2.24, 2.45) is 11.7 Å². The largest absolute Gasteiger partial charge is 0.449 e. The molecule has 0 spiro atoms. The van der Waals surface area contributed by atoms with Gasteiger partial charge in [-0.25, -0.2) is 4.79 Å². The fourth-order valence-corrected chi connectivity index (χ4v) is 3.48. The van der Waals surface area contributed by atoms with Gasteiger partial charge in [0.25, 0.3) is 0 Å². The molecule has 2 aliphatic carbocycles. The smallest absolute Gasteiger partial charge is 0.407 e. The van der Waals surface area contributed by atoms with E-state index in [1.807, 2.05) is 24.3 Å². The van der Waals surface area contributed by atoms with Gasteiger partial charge in [-0.05, 0) is 41.1 Å². The fourth-order valence-electron chi connectivity index (χ4n) is 3.48. The van der Waals surface area contributed by atoms with Gasteiger partial charge in [0.15, 0.2) is 0 Å². The first kappa shape index (κ1) is 14.3. The highest BCUT2D eigenvalue weighted by Crippen LogP contribution is 2.44. The number of rotatable bonds is 4. The first-order valence-corrected chi connectivity index (χ1v) is 8.09. The third-order valence-electron chi connectivity index (χ3n) is 4.87. The lowest BCUT2D eigenvalue weighted by atomic mass is 9.98. The summed E-state index contributed by atoms with van der Waals surface area (Å²) >= 11 is 0. The summed E-state index contributed by atoms with van der Waals surface area (Å²) in [5, 5.41) is 2.89. The molecule has 2 atom stereocenters. The fraction of sp³-hybridized carbons (Fsp3) is 0.316. The zero-order valence-corrected chi connectivity index (χ0v) is 12.9. The van der Waals surface area contributed by atoms with Gasteiger partial charge in [-0.15, -0.1) is 0 Å². The number of nitrogens with one attached hydrogen (secondary N) is 1. The third-order valence-corrected chi connectivity index (χ3v) is 4.87. The summed E-state index contributed by atoms with van der Waals surface area (Å²) < 4.78 is 5.49. The Balaban J connectivity index is 1.47. The second-order valence-electron chi connectivity index (χ2n) is 6.31. The van der Waals surface area contributed by atoms with E-state index >= 15 is 0 Å². The van der Waals surface area contributed by atoms with Crippen LogP contribution in [0.3, 0.4) is 0 Å². The van der Waals surface area contributed by atoms with E-state index in [0.717, 1.165) is 6.42 Å². The van der Waals surface area contributed by atoms with Crippen LogP contribution in [0.2, 0.25) is 0 Å². The number of carbonyl (C=O) groups is 1. The summed E-state index contributed by atoms with van der Waals surface area (Å²) in [5.41, 5.74) is 10.5. The van der Waals surface area contributed by atoms with Crippen molar-refractivity contribution >= 4 is 6.09 Å². The molecule has 2 aromatic rings. The maximum atomic E-state index is 12.0. The molecule has 1 saturated carbocycles. The number of hydrogen-bond donors (Lipinski definition) is 2. The maximum absolute atomic E-state index is 12.0. The van der Waals surface area contributed by atoms with E-state index in [9.17, 15) is 4.79 Å². The van der Waals surface area contributed by atoms with E-state index in [1.165, 1.54) is 22.3 Å². The summed E-state index contributed by atoms with van der Waals surface area (Å²) in [4.78, 5) is 12.0. The molecule has 0 aromatic heterocycles. The van der Waals surface area contributed by atoms with Crippen molar-refractivity contribution in [3.63, 3.8) is 0 Å². The Bertz CT molecular complexity index is 698. The molecule has 4 nitrogen and oxygen atoms in total. The molecule has 0 radical (unpaired) electrons. The van der Waals surface area contributed by atoms with Crippen molar-refractivity contribution in [2.75, 3.05) is 13.2 Å². The van der Waals surface area contributed by atoms with Gasteiger partial charge in [0.05, 0.1) is 0 Å². The predicted octanol–water partition coefficient (Wildman–Crippen LogP) is 2.87. The van der Waals surface area contributed by atoms with Crippen LogP contribution in [0.4, 0.5) is 4.79 Å². The number of alkyl carbamates (subject to hydrolysis) is 1. The molecule has 1 fully saturated rings. The Morgan fingerprint density at radius 3 is 2.26 bits per heavy atom. The second-order valence-corrected chi connectivity index (χ2v) is 6.31. The molecule has 1 amide bonds. The maximum Gasteiger partial charge on any atom is 0.407 e. The molecular weight excluding hydrogens is 288 g/mol. The molecular formula is C19H20N2O2. The van der Waals surface area contributed by atoms with Gasteiger partial charge in [0.2, 0.25) is 0 Å². The predicted molar refractivity (Wildman–Crippen MR) is 89.2 cm³/mol. The number of hydrogen-bond acceptors (Lipinski definition) is 3. The van der Waals surface area contributed by atoms with Crippen LogP contribution in [0.1, 0.15) is 23.5 Å². The number of amides is 1. The van der Waals surface area contributed by atoms with Crippen molar-refractivity contribution in [3.8, 4) is 11.1 Å². The molecule has 2 aromatic carbocycles. The van der Waals surface area contributed by atoms with Gasteiger partial charge in [-0.1, -0.05) is 48.5 Å². The highest BCUT2D eigenvalue weighted by molar-refractivity contribution is 5.79. The van der Waals surface area contributed by atoms with Crippen molar-refractivity contribution in [2.45, 2.75) is 18.4 Å². The number of fused-ring (bicyclic) bond motifs is 3. The van der Waals surface area contributed by atoms with Crippen molar-refractivity contribution in [1.29, 1.82) is 0 Å². The summed E-state index contributed by atoms with van der Waals surface area (Å²) in [6.45, 7) is 0.980. The van der Waals surface area contributed by atoms with Gasteiger partial charge in [-0.3, -0.25) is 0 Å². The quantitative estimate of drug-likeness (QED) is 0.913. The lowest BCUT2D eigenvalue weighted by Gasteiger charge is -2.14. The van der Waals surface area contributed by atoms with E-state index in [-0.39, 0.29) is 18.1 Å². The van der Waals surface area contributed by atoms with Gasteiger partial charge in [-0.2, -0.15) is 0 Å². The highest BCUT2D eigenvalue weighted by atomic mass is 16.5. The van der Waals surface area contributed by atoms with Crippen molar-refractivity contribution < 1.29 is 9.53 Å². The second kappa shape index (κ2) is 5.70. The first-order valence-electron chi connectivity index (χ1n) is 8.09. The lowest BCUT2D eigenvalue weighted by molar-refractivity contribution is 0.142. The molecule has 0 heterocycles. The average molecular weight is 308 g/mol. The molecule has 0 bridgehead atoms. The Labute approximate surface area is 135 Å². The van der Waals surface area contributed by atoms with Crippen LogP contribution >= 0.6 is 0 Å². The Morgan fingerprint density at radius 2 is 1.70 bits per heavy atom. The third kappa shape index (κ3) is 2.59. The average Bonchev–Trinajstić information content (AvgIpc) is 3.26.